The van der Waals surface area contributed by atoms with Crippen molar-refractivity contribution in [2.24, 2.45) is 0 Å². The number of carbonyl (C=O) groups excluding carboxylic acids is 2. The van der Waals surface area contributed by atoms with Crippen LogP contribution in [0.4, 0.5) is 0 Å². The molecule has 104 valence electrons. The van der Waals surface area contributed by atoms with Crippen LogP contribution in [0.5, 0.6) is 0 Å². The van der Waals surface area contributed by atoms with Crippen molar-refractivity contribution in [3.05, 3.63) is 0 Å². The number of nitrogens with zero attached hydrogens (tertiary/aromatic N) is 1. The molecule has 0 aromatic carbocycles. The largest absolute Gasteiger partial charge is 0.340 e. The molecule has 1 N–H and O–H groups in total. The van der Waals surface area contributed by atoms with E-state index in [0.29, 0.717) is 19.4 Å². The van der Waals surface area contributed by atoms with Crippen molar-refractivity contribution in [3.8, 4) is 0 Å². The van der Waals surface area contributed by atoms with E-state index >= 15 is 0 Å². The summed E-state index contributed by atoms with van der Waals surface area (Å²) in [7, 11) is 0. The van der Waals surface area contributed by atoms with E-state index in [2.05, 4.69) is 12.2 Å². The summed E-state index contributed by atoms with van der Waals surface area (Å²) >= 11 is 0. The molecule has 2 atom stereocenters. The average molecular weight is 254 g/mol. The normalized spacial score (nSPS) is 28.4. The molecule has 1 aliphatic rings. The first-order valence-corrected chi connectivity index (χ1v) is 7.13. The Morgan fingerprint density at radius 1 is 1.22 bits per heavy atom. The van der Waals surface area contributed by atoms with Crippen molar-refractivity contribution < 1.29 is 9.59 Å². The van der Waals surface area contributed by atoms with E-state index in [1.54, 1.807) is 4.90 Å². The van der Waals surface area contributed by atoms with Crippen molar-refractivity contribution in [1.82, 2.24) is 10.2 Å². The third-order valence-electron chi connectivity index (χ3n) is 3.91. The first-order valence-electron chi connectivity index (χ1n) is 7.13. The molecule has 0 aromatic heterocycles. The highest BCUT2D eigenvalue weighted by molar-refractivity contribution is 5.99. The van der Waals surface area contributed by atoms with E-state index in [1.807, 2.05) is 20.8 Å². The van der Waals surface area contributed by atoms with Crippen LogP contribution in [0.2, 0.25) is 0 Å². The monoisotopic (exact) mass is 254 g/mol. The fourth-order valence-corrected chi connectivity index (χ4v) is 2.44. The van der Waals surface area contributed by atoms with Crippen molar-refractivity contribution in [2.45, 2.75) is 71.4 Å². The lowest BCUT2D eigenvalue weighted by molar-refractivity contribution is -0.154. The third-order valence-corrected chi connectivity index (χ3v) is 3.91. The predicted octanol–water partition coefficient (Wildman–Crippen LogP) is 2.08. The van der Waals surface area contributed by atoms with Crippen molar-refractivity contribution in [3.63, 3.8) is 0 Å². The lowest BCUT2D eigenvalue weighted by atomic mass is 9.91. The minimum absolute atomic E-state index is 0.00190. The molecule has 1 heterocycles. The second-order valence-corrected chi connectivity index (χ2v) is 5.30. The van der Waals surface area contributed by atoms with Gasteiger partial charge >= 0.3 is 0 Å². The van der Waals surface area contributed by atoms with Crippen LogP contribution in [0.3, 0.4) is 0 Å². The highest BCUT2D eigenvalue weighted by Crippen LogP contribution is 2.23. The highest BCUT2D eigenvalue weighted by Gasteiger charge is 2.45. The van der Waals surface area contributed by atoms with E-state index < -0.39 is 5.54 Å². The molecule has 0 aromatic rings. The van der Waals surface area contributed by atoms with Gasteiger partial charge in [-0.2, -0.15) is 0 Å². The fraction of sp³-hybridized carbons (Fsp3) is 0.857. The Bertz CT molecular complexity index is 317. The average Bonchev–Trinajstić information content (AvgIpc) is 2.35. The summed E-state index contributed by atoms with van der Waals surface area (Å²) in [6.45, 7) is 8.56. The van der Waals surface area contributed by atoms with Crippen LogP contribution in [0.25, 0.3) is 0 Å². The minimum atomic E-state index is -0.713. The van der Waals surface area contributed by atoms with Gasteiger partial charge in [-0.15, -0.1) is 0 Å². The molecule has 0 bridgehead atoms. The summed E-state index contributed by atoms with van der Waals surface area (Å²) < 4.78 is 0. The van der Waals surface area contributed by atoms with Gasteiger partial charge in [0.2, 0.25) is 11.8 Å². The van der Waals surface area contributed by atoms with E-state index in [9.17, 15) is 9.59 Å². The maximum Gasteiger partial charge on any atom is 0.248 e. The quantitative estimate of drug-likeness (QED) is 0.738. The van der Waals surface area contributed by atoms with Crippen LogP contribution in [-0.4, -0.2) is 34.8 Å². The molecule has 2 unspecified atom stereocenters. The van der Waals surface area contributed by atoms with E-state index in [0.717, 1.165) is 19.3 Å². The molecule has 4 nitrogen and oxygen atoms in total. The first kappa shape index (κ1) is 15.0. The molecule has 1 rings (SSSR count). The summed E-state index contributed by atoms with van der Waals surface area (Å²) in [5.74, 6) is 0.0745. The number of hydrogen-bond acceptors (Lipinski definition) is 2. The summed E-state index contributed by atoms with van der Waals surface area (Å²) in [6, 6.07) is -0.283. The van der Waals surface area contributed by atoms with Gasteiger partial charge in [-0.3, -0.25) is 9.59 Å². The van der Waals surface area contributed by atoms with Crippen LogP contribution in [0, 0.1) is 0 Å². The number of rotatable bonds is 6. The molecule has 0 aliphatic carbocycles. The standard InChI is InChI=1S/C14H26N2O2/c1-5-8-9-10-16-11(6-2)12(17)15-14(4,7-3)13(16)18/h11H,5-10H2,1-4H3,(H,15,17). The molecular formula is C14H26N2O2. The number of nitrogens with one attached hydrogen (secondary N) is 1. The SMILES string of the molecule is CCCCCN1C(=O)C(C)(CC)NC(=O)C1CC. The van der Waals surface area contributed by atoms with Gasteiger partial charge in [0, 0.05) is 6.54 Å². The fourth-order valence-electron chi connectivity index (χ4n) is 2.44. The minimum Gasteiger partial charge on any atom is -0.340 e. The Morgan fingerprint density at radius 2 is 1.89 bits per heavy atom. The maximum absolute atomic E-state index is 12.5. The van der Waals surface area contributed by atoms with Crippen LogP contribution in [-0.2, 0) is 9.59 Å². The predicted molar refractivity (Wildman–Crippen MR) is 72.2 cm³/mol. The summed E-state index contributed by atoms with van der Waals surface area (Å²) in [5.41, 5.74) is -0.713. The van der Waals surface area contributed by atoms with Gasteiger partial charge in [0.15, 0.2) is 0 Å². The van der Waals surface area contributed by atoms with Gasteiger partial charge in [-0.05, 0) is 26.2 Å². The molecular weight excluding hydrogens is 228 g/mol. The van der Waals surface area contributed by atoms with Crippen LogP contribution >= 0.6 is 0 Å². The zero-order valence-corrected chi connectivity index (χ0v) is 12.1. The molecule has 4 heteroatoms. The van der Waals surface area contributed by atoms with Crippen molar-refractivity contribution in [2.75, 3.05) is 6.54 Å². The summed E-state index contributed by atoms with van der Waals surface area (Å²) in [5, 5.41) is 2.88. The van der Waals surface area contributed by atoms with Gasteiger partial charge in [0.05, 0.1) is 0 Å². The molecule has 0 saturated carbocycles. The second kappa shape index (κ2) is 6.21. The van der Waals surface area contributed by atoms with Crippen LogP contribution in [0.15, 0.2) is 0 Å². The molecule has 0 spiro atoms. The van der Waals surface area contributed by atoms with Gasteiger partial charge in [0.25, 0.3) is 0 Å². The number of amides is 2. The Hall–Kier alpha value is -1.06. The lowest BCUT2D eigenvalue weighted by Gasteiger charge is -2.44. The molecule has 1 saturated heterocycles. The Kier molecular flexibility index (Phi) is 5.17. The van der Waals surface area contributed by atoms with Gasteiger partial charge in [-0.25, -0.2) is 0 Å². The second-order valence-electron chi connectivity index (χ2n) is 5.30. The van der Waals surface area contributed by atoms with Gasteiger partial charge in [-0.1, -0.05) is 33.6 Å². The zero-order valence-electron chi connectivity index (χ0n) is 12.1. The molecule has 1 aliphatic heterocycles. The van der Waals surface area contributed by atoms with E-state index in [4.69, 9.17) is 0 Å². The van der Waals surface area contributed by atoms with Crippen molar-refractivity contribution >= 4 is 11.8 Å². The van der Waals surface area contributed by atoms with Crippen LogP contribution < -0.4 is 5.32 Å². The number of unbranched alkanes of at least 4 members (excludes halogenated alkanes) is 2. The van der Waals surface area contributed by atoms with E-state index in [1.165, 1.54) is 0 Å². The van der Waals surface area contributed by atoms with Crippen LogP contribution in [0.1, 0.15) is 59.8 Å². The third kappa shape index (κ3) is 2.85. The zero-order chi connectivity index (χ0) is 13.8. The smallest absolute Gasteiger partial charge is 0.248 e. The van der Waals surface area contributed by atoms with Crippen molar-refractivity contribution in [1.29, 1.82) is 0 Å². The molecule has 18 heavy (non-hydrogen) atoms. The molecule has 1 fully saturated rings. The number of hydrogen-bond donors (Lipinski definition) is 1. The van der Waals surface area contributed by atoms with Gasteiger partial charge in [0.1, 0.15) is 11.6 Å². The summed E-state index contributed by atoms with van der Waals surface area (Å²) in [6.07, 6.45) is 4.52. The Morgan fingerprint density at radius 3 is 2.39 bits per heavy atom. The molecule has 2 amide bonds. The topological polar surface area (TPSA) is 49.4 Å². The lowest BCUT2D eigenvalue weighted by Crippen LogP contribution is -2.68. The van der Waals surface area contributed by atoms with Gasteiger partial charge < -0.3 is 10.2 Å². The highest BCUT2D eigenvalue weighted by atomic mass is 16.2. The van der Waals surface area contributed by atoms with E-state index in [-0.39, 0.29) is 17.9 Å². The first-order chi connectivity index (χ1) is 8.50. The number of piperazine rings is 1. The molecule has 0 radical (unpaired) electrons. The Labute approximate surface area is 110 Å². The Balaban J connectivity index is 2.84. The maximum atomic E-state index is 12.5. The number of carbonyl (C=O) groups is 2. The summed E-state index contributed by atoms with van der Waals surface area (Å²) in [4.78, 5) is 26.4.